The lowest BCUT2D eigenvalue weighted by Gasteiger charge is -2.32. The fourth-order valence-corrected chi connectivity index (χ4v) is 5.55. The summed E-state index contributed by atoms with van der Waals surface area (Å²) in [6, 6.07) is 17.0. The Morgan fingerprint density at radius 1 is 1.09 bits per heavy atom. The summed E-state index contributed by atoms with van der Waals surface area (Å²) >= 11 is 0. The molecule has 0 spiro atoms. The molecule has 6 rings (SSSR count). The van der Waals surface area contributed by atoms with Crippen LogP contribution in [0.4, 0.5) is 4.39 Å². The molecule has 2 aromatic heterocycles. The molecule has 0 bridgehead atoms. The second-order valence-electron chi connectivity index (χ2n) is 11.2. The first-order valence-electron chi connectivity index (χ1n) is 14.8. The van der Waals surface area contributed by atoms with Crippen LogP contribution in [0.25, 0.3) is 11.0 Å². The lowest BCUT2D eigenvalue weighted by Crippen LogP contribution is -2.37. The van der Waals surface area contributed by atoms with Crippen molar-refractivity contribution >= 4 is 17.0 Å². The first kappa shape index (κ1) is 29.5. The van der Waals surface area contributed by atoms with Crippen molar-refractivity contribution in [3.05, 3.63) is 83.1 Å². The average Bonchev–Trinajstić information content (AvgIpc) is 3.37. The van der Waals surface area contributed by atoms with E-state index in [0.717, 1.165) is 61.9 Å². The minimum atomic E-state index is -0.583. The molecule has 0 saturated carbocycles. The maximum Gasteiger partial charge on any atom is 0.337 e. The zero-order chi connectivity index (χ0) is 30.5. The second-order valence-corrected chi connectivity index (χ2v) is 11.2. The van der Waals surface area contributed by atoms with Gasteiger partial charge in [0.05, 0.1) is 66.8 Å². The largest absolute Gasteiger partial charge is 0.484 e. The van der Waals surface area contributed by atoms with E-state index in [1.165, 1.54) is 19.2 Å². The lowest BCUT2D eigenvalue weighted by molar-refractivity contribution is -0.0592. The summed E-state index contributed by atoms with van der Waals surface area (Å²) in [4.78, 5) is 24.0. The number of nitrogens with zero attached hydrogens (tertiary/aromatic N) is 5. The van der Waals surface area contributed by atoms with E-state index in [1.54, 1.807) is 12.1 Å². The molecule has 0 aliphatic carbocycles. The van der Waals surface area contributed by atoms with Gasteiger partial charge in [-0.15, -0.1) is 0 Å². The number of hydrogen-bond donors (Lipinski definition) is 0. The Balaban J connectivity index is 1.02. The molecule has 2 aliphatic rings. The van der Waals surface area contributed by atoms with E-state index in [-0.39, 0.29) is 30.0 Å². The molecule has 2 saturated heterocycles. The normalized spacial score (nSPS) is 17.2. The molecule has 0 radical (unpaired) electrons. The molecule has 4 heterocycles. The zero-order valence-electron chi connectivity index (χ0n) is 24.6. The summed E-state index contributed by atoms with van der Waals surface area (Å²) in [5.41, 5.74) is 3.15. The van der Waals surface area contributed by atoms with Gasteiger partial charge in [0.1, 0.15) is 12.4 Å². The third kappa shape index (κ3) is 6.82. The monoisotopic (exact) mass is 599 g/mol. The van der Waals surface area contributed by atoms with Crippen molar-refractivity contribution < 1.29 is 28.1 Å². The number of fused-ring (bicyclic) bond motifs is 1. The predicted octanol–water partition coefficient (Wildman–Crippen LogP) is 4.89. The standard InChI is InChI=1S/C33H34FN5O5/c1-41-33(40)24-6-7-28-29(16-24)39(18-26-11-14-42-26)31(37-28)19-38-12-9-22(10-13-38)20-44-32-4-2-3-25(36-32)21-43-30-8-5-23(17-35)15-27(30)34/h2-8,15-16,22,26H,9-14,18-21H2,1H3/t26-/m0/s1. The first-order valence-corrected chi connectivity index (χ1v) is 14.8. The number of halogens is 1. The highest BCUT2D eigenvalue weighted by molar-refractivity contribution is 5.93. The molecule has 44 heavy (non-hydrogen) atoms. The Kier molecular flexibility index (Phi) is 9.00. The number of methoxy groups -OCH3 is 1. The molecule has 11 heteroatoms. The number of benzene rings is 2. The van der Waals surface area contributed by atoms with E-state index in [1.807, 2.05) is 30.3 Å². The number of ether oxygens (including phenoxy) is 4. The molecule has 0 N–H and O–H groups in total. The van der Waals surface area contributed by atoms with Crippen molar-refractivity contribution in [1.82, 2.24) is 19.4 Å². The van der Waals surface area contributed by atoms with Crippen molar-refractivity contribution in [2.24, 2.45) is 5.92 Å². The van der Waals surface area contributed by atoms with Gasteiger partial charge in [-0.05, 0) is 80.7 Å². The third-order valence-electron chi connectivity index (χ3n) is 8.18. The van der Waals surface area contributed by atoms with Gasteiger partial charge in [0.2, 0.25) is 5.88 Å². The molecule has 4 aromatic rings. The Bertz CT molecular complexity index is 1670. The number of rotatable bonds is 11. The third-order valence-corrected chi connectivity index (χ3v) is 8.18. The average molecular weight is 600 g/mol. The number of piperidine rings is 1. The highest BCUT2D eigenvalue weighted by Gasteiger charge is 2.25. The van der Waals surface area contributed by atoms with Gasteiger partial charge in [-0.25, -0.2) is 19.2 Å². The summed E-state index contributed by atoms with van der Waals surface area (Å²) in [5.74, 6) is 0.995. The molecule has 2 fully saturated rings. The van der Waals surface area contributed by atoms with E-state index in [9.17, 15) is 9.18 Å². The van der Waals surface area contributed by atoms with E-state index < -0.39 is 5.82 Å². The number of aromatic nitrogens is 3. The van der Waals surface area contributed by atoms with Crippen LogP contribution in [0, 0.1) is 23.1 Å². The summed E-state index contributed by atoms with van der Waals surface area (Å²) in [6.45, 7) is 4.68. The predicted molar refractivity (Wildman–Crippen MR) is 159 cm³/mol. The highest BCUT2D eigenvalue weighted by atomic mass is 19.1. The molecule has 228 valence electrons. The minimum Gasteiger partial charge on any atom is -0.484 e. The van der Waals surface area contributed by atoms with Crippen LogP contribution in [0.2, 0.25) is 0 Å². The fraction of sp³-hybridized carbons (Fsp3) is 0.394. The van der Waals surface area contributed by atoms with Crippen LogP contribution in [0.1, 0.15) is 46.7 Å². The van der Waals surface area contributed by atoms with Gasteiger partial charge >= 0.3 is 5.97 Å². The maximum absolute atomic E-state index is 14.1. The van der Waals surface area contributed by atoms with Gasteiger partial charge in [0, 0.05) is 12.7 Å². The van der Waals surface area contributed by atoms with Crippen LogP contribution in [-0.4, -0.2) is 64.9 Å². The Hall–Kier alpha value is -4.53. The smallest absolute Gasteiger partial charge is 0.337 e. The molecular formula is C33H34FN5O5. The number of hydrogen-bond acceptors (Lipinski definition) is 9. The zero-order valence-corrected chi connectivity index (χ0v) is 24.6. The molecule has 2 aromatic carbocycles. The van der Waals surface area contributed by atoms with Crippen molar-refractivity contribution in [3.8, 4) is 17.7 Å². The number of nitriles is 1. The topological polar surface area (TPSA) is 112 Å². The van der Waals surface area contributed by atoms with Gasteiger partial charge in [-0.3, -0.25) is 4.90 Å². The number of carbonyl (C=O) groups excluding carboxylic acids is 1. The highest BCUT2D eigenvalue weighted by Crippen LogP contribution is 2.26. The second kappa shape index (κ2) is 13.4. The van der Waals surface area contributed by atoms with E-state index in [0.29, 0.717) is 42.8 Å². The molecule has 10 nitrogen and oxygen atoms in total. The van der Waals surface area contributed by atoms with E-state index in [2.05, 4.69) is 14.5 Å². The molecule has 1 atom stereocenters. The fourth-order valence-electron chi connectivity index (χ4n) is 5.55. The summed E-state index contributed by atoms with van der Waals surface area (Å²) in [5, 5.41) is 8.90. The Labute approximate surface area is 254 Å². The number of likely N-dealkylation sites (tertiary alicyclic amines) is 1. The van der Waals surface area contributed by atoms with Crippen molar-refractivity contribution in [2.75, 3.05) is 33.4 Å². The molecule has 0 amide bonds. The number of esters is 1. The number of imidazole rings is 1. The van der Waals surface area contributed by atoms with Gasteiger partial charge in [0.15, 0.2) is 11.6 Å². The molecular weight excluding hydrogens is 565 g/mol. The summed E-state index contributed by atoms with van der Waals surface area (Å²) in [7, 11) is 1.39. The maximum atomic E-state index is 14.1. The van der Waals surface area contributed by atoms with Crippen LogP contribution < -0.4 is 9.47 Å². The van der Waals surface area contributed by atoms with Gasteiger partial charge < -0.3 is 23.5 Å². The van der Waals surface area contributed by atoms with Crippen LogP contribution in [0.15, 0.2) is 54.6 Å². The summed E-state index contributed by atoms with van der Waals surface area (Å²) < 4.78 is 38.6. The summed E-state index contributed by atoms with van der Waals surface area (Å²) in [6.07, 6.45) is 3.15. The number of pyridine rings is 1. The van der Waals surface area contributed by atoms with Crippen molar-refractivity contribution in [3.63, 3.8) is 0 Å². The van der Waals surface area contributed by atoms with Gasteiger partial charge in [-0.2, -0.15) is 5.26 Å². The van der Waals surface area contributed by atoms with Crippen LogP contribution >= 0.6 is 0 Å². The van der Waals surface area contributed by atoms with E-state index >= 15 is 0 Å². The minimum absolute atomic E-state index is 0.0711. The van der Waals surface area contributed by atoms with Crippen LogP contribution in [0.5, 0.6) is 11.6 Å². The van der Waals surface area contributed by atoms with Crippen molar-refractivity contribution in [1.29, 1.82) is 5.26 Å². The SMILES string of the molecule is COC(=O)c1ccc2nc(CN3CCC(COc4cccc(COc5ccc(C#N)cc5F)n4)CC3)n(C[C@@H]3CCO3)c2c1. The Morgan fingerprint density at radius 2 is 1.93 bits per heavy atom. The lowest BCUT2D eigenvalue weighted by atomic mass is 9.98. The van der Waals surface area contributed by atoms with Crippen LogP contribution in [0.3, 0.4) is 0 Å². The molecule has 2 aliphatic heterocycles. The molecule has 0 unspecified atom stereocenters. The van der Waals surface area contributed by atoms with Crippen LogP contribution in [-0.2, 0) is 29.2 Å². The van der Waals surface area contributed by atoms with Gasteiger partial charge in [-0.1, -0.05) is 6.07 Å². The number of carbonyl (C=O) groups is 1. The van der Waals surface area contributed by atoms with E-state index in [4.69, 9.17) is 29.2 Å². The quantitative estimate of drug-likeness (QED) is 0.223. The van der Waals surface area contributed by atoms with Gasteiger partial charge in [0.25, 0.3) is 0 Å². The van der Waals surface area contributed by atoms with Crippen molar-refractivity contribution in [2.45, 2.75) is 45.1 Å². The first-order chi connectivity index (χ1) is 21.5. The Morgan fingerprint density at radius 3 is 2.66 bits per heavy atom.